The summed E-state index contributed by atoms with van der Waals surface area (Å²) in [6.45, 7) is 5.37. The number of ether oxygens (including phenoxy) is 1. The summed E-state index contributed by atoms with van der Waals surface area (Å²) in [5.74, 6) is 0.836. The van der Waals surface area contributed by atoms with Gasteiger partial charge in [-0.05, 0) is 37.1 Å². The molecule has 1 unspecified atom stereocenters. The van der Waals surface area contributed by atoms with E-state index in [0.29, 0.717) is 18.7 Å². The van der Waals surface area contributed by atoms with E-state index in [1.807, 2.05) is 71.6 Å². The second-order valence-corrected chi connectivity index (χ2v) is 7.82. The van der Waals surface area contributed by atoms with Crippen LogP contribution in [0.15, 0.2) is 78.9 Å². The van der Waals surface area contributed by atoms with Gasteiger partial charge < -0.3 is 15.0 Å². The number of para-hydroxylation sites is 2. The molecule has 1 atom stereocenters. The van der Waals surface area contributed by atoms with Crippen molar-refractivity contribution in [1.29, 1.82) is 0 Å². The molecule has 0 spiro atoms. The molecular weight excluding hydrogens is 372 g/mol. The van der Waals surface area contributed by atoms with Crippen LogP contribution in [0.1, 0.15) is 48.2 Å². The van der Waals surface area contributed by atoms with Crippen LogP contribution in [0, 0.1) is 0 Å². The number of rotatable bonds is 7. The maximum Gasteiger partial charge on any atom is 0.258 e. The highest BCUT2D eigenvalue weighted by atomic mass is 16.5. The Balaban J connectivity index is 1.72. The summed E-state index contributed by atoms with van der Waals surface area (Å²) >= 11 is 0. The molecule has 0 aromatic heterocycles. The van der Waals surface area contributed by atoms with Gasteiger partial charge in [0.15, 0.2) is 0 Å². The van der Waals surface area contributed by atoms with Gasteiger partial charge in [-0.2, -0.15) is 0 Å². The van der Waals surface area contributed by atoms with E-state index in [1.54, 1.807) is 0 Å². The summed E-state index contributed by atoms with van der Waals surface area (Å²) < 4.78 is 6.24. The molecule has 0 aliphatic carbocycles. The lowest BCUT2D eigenvalue weighted by molar-refractivity contribution is 0.0524. The van der Waals surface area contributed by atoms with E-state index in [4.69, 9.17) is 4.74 Å². The molecule has 3 aromatic rings. The summed E-state index contributed by atoms with van der Waals surface area (Å²) in [5.41, 5.74) is 2.94. The number of hydrogen-bond donors (Lipinski definition) is 1. The third-order valence-corrected chi connectivity index (χ3v) is 5.70. The first kappa shape index (κ1) is 20.0. The van der Waals surface area contributed by atoms with Crippen LogP contribution < -0.4 is 10.1 Å². The van der Waals surface area contributed by atoms with Crippen molar-refractivity contribution in [2.24, 2.45) is 0 Å². The molecule has 0 saturated heterocycles. The summed E-state index contributed by atoms with van der Waals surface area (Å²) in [7, 11) is 0. The molecule has 1 heterocycles. The summed E-state index contributed by atoms with van der Waals surface area (Å²) in [6, 6.07) is 25.9. The Morgan fingerprint density at radius 1 is 0.933 bits per heavy atom. The molecule has 4 heteroatoms. The molecule has 30 heavy (non-hydrogen) atoms. The standard InChI is InChI=1S/C26H28N2O2/c1-3-4-18-28-25(29)21-14-8-10-16-23(21)27-26(28,2)22-15-9-11-17-24(22)30-19-20-12-6-5-7-13-20/h5-17,27H,3-4,18-19H2,1-2H3. The Bertz CT molecular complexity index is 1020. The van der Waals surface area contributed by atoms with Gasteiger partial charge in [0, 0.05) is 17.8 Å². The number of nitrogens with zero attached hydrogens (tertiary/aromatic N) is 1. The summed E-state index contributed by atoms with van der Waals surface area (Å²) in [6.07, 6.45) is 1.96. The van der Waals surface area contributed by atoms with Crippen molar-refractivity contribution in [2.45, 2.75) is 39.0 Å². The van der Waals surface area contributed by atoms with Crippen molar-refractivity contribution in [3.63, 3.8) is 0 Å². The van der Waals surface area contributed by atoms with Crippen molar-refractivity contribution in [3.05, 3.63) is 95.6 Å². The molecule has 0 saturated carbocycles. The molecule has 4 rings (SSSR count). The lowest BCUT2D eigenvalue weighted by atomic mass is 9.92. The van der Waals surface area contributed by atoms with E-state index < -0.39 is 5.66 Å². The van der Waals surface area contributed by atoms with Crippen LogP contribution in [0.3, 0.4) is 0 Å². The fraction of sp³-hybridized carbons (Fsp3) is 0.269. The number of benzene rings is 3. The minimum absolute atomic E-state index is 0.0539. The molecule has 0 fully saturated rings. The topological polar surface area (TPSA) is 41.6 Å². The molecule has 3 aromatic carbocycles. The van der Waals surface area contributed by atoms with E-state index in [-0.39, 0.29) is 5.91 Å². The highest BCUT2D eigenvalue weighted by Gasteiger charge is 2.43. The van der Waals surface area contributed by atoms with E-state index in [0.717, 1.165) is 35.4 Å². The number of nitrogens with one attached hydrogen (secondary N) is 1. The van der Waals surface area contributed by atoms with Crippen molar-refractivity contribution in [3.8, 4) is 5.75 Å². The first-order valence-corrected chi connectivity index (χ1v) is 10.6. The van der Waals surface area contributed by atoms with E-state index in [1.165, 1.54) is 0 Å². The van der Waals surface area contributed by atoms with Crippen LogP contribution >= 0.6 is 0 Å². The fourth-order valence-electron chi connectivity index (χ4n) is 4.04. The second kappa shape index (κ2) is 8.62. The first-order chi connectivity index (χ1) is 14.6. The zero-order valence-electron chi connectivity index (χ0n) is 17.6. The molecule has 1 N–H and O–H groups in total. The third-order valence-electron chi connectivity index (χ3n) is 5.70. The van der Waals surface area contributed by atoms with Crippen molar-refractivity contribution in [1.82, 2.24) is 4.90 Å². The molecule has 0 radical (unpaired) electrons. The lowest BCUT2D eigenvalue weighted by Gasteiger charge is -2.47. The quantitative estimate of drug-likeness (QED) is 0.544. The monoisotopic (exact) mass is 400 g/mol. The highest BCUT2D eigenvalue weighted by Crippen LogP contribution is 2.41. The molecule has 1 amide bonds. The van der Waals surface area contributed by atoms with Crippen LogP contribution in [-0.4, -0.2) is 17.4 Å². The summed E-state index contributed by atoms with van der Waals surface area (Å²) in [5, 5.41) is 3.64. The predicted molar refractivity (Wildman–Crippen MR) is 121 cm³/mol. The van der Waals surface area contributed by atoms with Gasteiger partial charge in [0.1, 0.15) is 18.0 Å². The Kier molecular flexibility index (Phi) is 5.75. The Morgan fingerprint density at radius 2 is 1.63 bits per heavy atom. The van der Waals surface area contributed by atoms with Gasteiger partial charge in [-0.15, -0.1) is 0 Å². The SMILES string of the molecule is CCCCN1C(=O)c2ccccc2NC1(C)c1ccccc1OCc1ccccc1. The Hall–Kier alpha value is -3.27. The van der Waals surface area contributed by atoms with Crippen LogP contribution in [-0.2, 0) is 12.3 Å². The highest BCUT2D eigenvalue weighted by molar-refractivity contribution is 6.02. The molecular formula is C26H28N2O2. The number of carbonyl (C=O) groups excluding carboxylic acids is 1. The summed E-state index contributed by atoms with van der Waals surface area (Å²) in [4.78, 5) is 15.4. The van der Waals surface area contributed by atoms with Gasteiger partial charge in [-0.25, -0.2) is 0 Å². The van der Waals surface area contributed by atoms with Gasteiger partial charge in [0.25, 0.3) is 5.91 Å². The number of amides is 1. The van der Waals surface area contributed by atoms with Crippen LogP contribution in [0.5, 0.6) is 5.75 Å². The van der Waals surface area contributed by atoms with E-state index in [2.05, 4.69) is 31.3 Å². The largest absolute Gasteiger partial charge is 0.488 e. The van der Waals surface area contributed by atoms with E-state index in [9.17, 15) is 4.79 Å². The van der Waals surface area contributed by atoms with Gasteiger partial charge in [-0.1, -0.05) is 74.0 Å². The van der Waals surface area contributed by atoms with Crippen LogP contribution in [0.4, 0.5) is 5.69 Å². The van der Waals surface area contributed by atoms with Gasteiger partial charge in [0.05, 0.1) is 5.56 Å². The normalized spacial score (nSPS) is 17.9. The lowest BCUT2D eigenvalue weighted by Crippen LogP contribution is -2.56. The fourth-order valence-corrected chi connectivity index (χ4v) is 4.04. The number of unbranched alkanes of at least 4 members (excludes halogenated alkanes) is 1. The zero-order chi connectivity index (χ0) is 21.0. The molecule has 1 aliphatic rings. The molecule has 154 valence electrons. The Labute approximate surface area is 178 Å². The second-order valence-electron chi connectivity index (χ2n) is 7.82. The van der Waals surface area contributed by atoms with Gasteiger partial charge in [-0.3, -0.25) is 4.79 Å². The van der Waals surface area contributed by atoms with Crippen molar-refractivity contribution >= 4 is 11.6 Å². The average Bonchev–Trinajstić information content (AvgIpc) is 2.78. The van der Waals surface area contributed by atoms with Crippen molar-refractivity contribution in [2.75, 3.05) is 11.9 Å². The molecule has 1 aliphatic heterocycles. The van der Waals surface area contributed by atoms with E-state index >= 15 is 0 Å². The number of hydrogen-bond acceptors (Lipinski definition) is 3. The average molecular weight is 401 g/mol. The van der Waals surface area contributed by atoms with Gasteiger partial charge >= 0.3 is 0 Å². The molecule has 4 nitrogen and oxygen atoms in total. The maximum atomic E-state index is 13.4. The number of anilines is 1. The minimum atomic E-state index is -0.701. The third kappa shape index (κ3) is 3.78. The van der Waals surface area contributed by atoms with Gasteiger partial charge in [0.2, 0.25) is 0 Å². The zero-order valence-corrected chi connectivity index (χ0v) is 17.6. The van der Waals surface area contributed by atoms with Crippen LogP contribution in [0.2, 0.25) is 0 Å². The minimum Gasteiger partial charge on any atom is -0.488 e. The first-order valence-electron chi connectivity index (χ1n) is 10.6. The molecule has 0 bridgehead atoms. The predicted octanol–water partition coefficient (Wildman–Crippen LogP) is 5.81. The number of fused-ring (bicyclic) bond motifs is 1. The van der Waals surface area contributed by atoms with Crippen LogP contribution in [0.25, 0.3) is 0 Å². The number of carbonyl (C=O) groups is 1. The Morgan fingerprint density at radius 3 is 2.43 bits per heavy atom. The maximum absolute atomic E-state index is 13.4. The van der Waals surface area contributed by atoms with Crippen molar-refractivity contribution < 1.29 is 9.53 Å². The smallest absolute Gasteiger partial charge is 0.258 e.